The zero-order valence-electron chi connectivity index (χ0n) is 24.8. The van der Waals surface area contributed by atoms with Gasteiger partial charge < -0.3 is 29.6 Å². The zero-order valence-corrected chi connectivity index (χ0v) is 25.7. The number of aliphatic hydroxyl groups excluding tert-OH is 1. The Balaban J connectivity index is 1.35. The van der Waals surface area contributed by atoms with Crippen molar-refractivity contribution in [2.75, 3.05) is 19.5 Å². The second kappa shape index (κ2) is 13.3. The molecule has 6 atom stereocenters. The number of imidazole rings is 1. The lowest BCUT2D eigenvalue weighted by atomic mass is 9.93. The maximum Gasteiger partial charge on any atom is 0.459 e. The molecule has 0 saturated carbocycles. The number of aromatic nitrogens is 4. The monoisotopic (exact) mass is 639 g/mol. The lowest BCUT2D eigenvalue weighted by Gasteiger charge is -2.28. The molecule has 0 radical (unpaired) electrons. The van der Waals surface area contributed by atoms with E-state index in [0.717, 1.165) is 5.56 Å². The Bertz CT molecular complexity index is 1690. The fraction of sp³-hybridized carbons (Fsp3) is 0.345. The molecule has 3 heterocycles. The number of nitrogens with one attached hydrogen (secondary N) is 1. The number of para-hydroxylation sites is 1. The molecule has 45 heavy (non-hydrogen) atoms. The van der Waals surface area contributed by atoms with Gasteiger partial charge in [-0.2, -0.15) is 15.1 Å². The average Bonchev–Trinajstić information content (AvgIpc) is 3.57. The molecule has 16 heteroatoms. The van der Waals surface area contributed by atoms with E-state index in [1.54, 1.807) is 37.3 Å². The normalized spacial score (nSPS) is 23.2. The van der Waals surface area contributed by atoms with Gasteiger partial charge in [0.15, 0.2) is 17.4 Å². The number of aliphatic imine (C=N–C) groups is 1. The molecular weight excluding hydrogens is 605 g/mol. The van der Waals surface area contributed by atoms with Crippen molar-refractivity contribution in [2.24, 2.45) is 4.99 Å². The van der Waals surface area contributed by atoms with E-state index < -0.39 is 50.3 Å². The van der Waals surface area contributed by atoms with Crippen molar-refractivity contribution in [1.29, 1.82) is 0 Å². The highest BCUT2D eigenvalue weighted by atomic mass is 31.2. The minimum Gasteiger partial charge on any atom is -0.479 e. The minimum atomic E-state index is -4.27. The number of esters is 1. The van der Waals surface area contributed by atoms with Crippen LogP contribution in [0.1, 0.15) is 25.6 Å². The van der Waals surface area contributed by atoms with Crippen LogP contribution >= 0.6 is 7.75 Å². The van der Waals surface area contributed by atoms with Gasteiger partial charge in [0.25, 0.3) is 0 Å². The van der Waals surface area contributed by atoms with Gasteiger partial charge in [-0.15, -0.1) is 0 Å². The van der Waals surface area contributed by atoms with Gasteiger partial charge in [-0.3, -0.25) is 18.9 Å². The number of nitrogen functional groups attached to an aromatic ring is 1. The number of benzene rings is 2. The Kier molecular flexibility index (Phi) is 9.46. The van der Waals surface area contributed by atoms with E-state index in [9.17, 15) is 14.5 Å². The smallest absolute Gasteiger partial charge is 0.459 e. The number of aliphatic hydroxyl groups is 1. The third kappa shape index (κ3) is 6.82. The number of fused-ring (bicyclic) bond motifs is 1. The van der Waals surface area contributed by atoms with Gasteiger partial charge in [0, 0.05) is 0 Å². The number of anilines is 1. The summed E-state index contributed by atoms with van der Waals surface area (Å²) in [6, 6.07) is 16.3. The van der Waals surface area contributed by atoms with Crippen LogP contribution in [0.4, 0.5) is 5.95 Å². The Hall–Kier alpha value is -4.40. The van der Waals surface area contributed by atoms with Gasteiger partial charge in [-0.1, -0.05) is 48.5 Å². The van der Waals surface area contributed by atoms with Gasteiger partial charge in [-0.05, 0) is 38.3 Å². The molecular formula is C29H34N7O8P. The zero-order chi connectivity index (χ0) is 32.2. The number of hydrogen-bond donors (Lipinski definition) is 3. The predicted molar refractivity (Wildman–Crippen MR) is 164 cm³/mol. The second-order valence-corrected chi connectivity index (χ2v) is 12.1. The van der Waals surface area contributed by atoms with E-state index in [1.807, 2.05) is 30.3 Å². The summed E-state index contributed by atoms with van der Waals surface area (Å²) >= 11 is 0. The summed E-state index contributed by atoms with van der Waals surface area (Å²) in [4.78, 5) is 29.6. The van der Waals surface area contributed by atoms with Crippen LogP contribution in [0.25, 0.3) is 11.2 Å². The Labute approximate surface area is 259 Å². The molecule has 1 aliphatic rings. The van der Waals surface area contributed by atoms with Gasteiger partial charge in [0.2, 0.25) is 11.8 Å². The lowest BCUT2D eigenvalue weighted by Crippen LogP contribution is -2.43. The molecule has 238 valence electrons. The lowest BCUT2D eigenvalue weighted by molar-refractivity contribution is -0.146. The first-order valence-corrected chi connectivity index (χ1v) is 15.4. The summed E-state index contributed by atoms with van der Waals surface area (Å²) in [5.74, 6) is -0.361. The molecule has 4 aromatic rings. The number of carbonyl (C=O) groups is 1. The number of methoxy groups -OCH3 is 1. The molecule has 2 aromatic heterocycles. The van der Waals surface area contributed by atoms with Crippen LogP contribution in [0.2, 0.25) is 0 Å². The maximum atomic E-state index is 14.1. The number of ether oxygens (including phenoxy) is 3. The largest absolute Gasteiger partial charge is 0.479 e. The number of rotatable bonds is 13. The summed E-state index contributed by atoms with van der Waals surface area (Å²) < 4.78 is 44.0. The van der Waals surface area contributed by atoms with Crippen molar-refractivity contribution in [1.82, 2.24) is 24.6 Å². The van der Waals surface area contributed by atoms with Crippen LogP contribution in [0.15, 0.2) is 72.0 Å². The fourth-order valence-corrected chi connectivity index (χ4v) is 6.30. The van der Waals surface area contributed by atoms with E-state index in [-0.39, 0.29) is 29.8 Å². The average molecular weight is 640 g/mol. The predicted octanol–water partition coefficient (Wildman–Crippen LogP) is 3.06. The molecule has 1 unspecified atom stereocenters. The molecule has 0 amide bonds. The molecule has 0 bridgehead atoms. The molecule has 1 saturated heterocycles. The fourth-order valence-electron chi connectivity index (χ4n) is 4.80. The molecule has 5 rings (SSSR count). The van der Waals surface area contributed by atoms with Crippen molar-refractivity contribution in [3.8, 4) is 11.6 Å². The van der Waals surface area contributed by atoms with Crippen molar-refractivity contribution in [3.05, 3.63) is 72.6 Å². The topological polar surface area (TPSA) is 195 Å². The van der Waals surface area contributed by atoms with Crippen molar-refractivity contribution < 1.29 is 37.7 Å². The first-order valence-electron chi connectivity index (χ1n) is 13.9. The summed E-state index contributed by atoms with van der Waals surface area (Å²) in [7, 11) is -2.85. The summed E-state index contributed by atoms with van der Waals surface area (Å²) in [6.45, 7) is 6.36. The highest BCUT2D eigenvalue weighted by Crippen LogP contribution is 2.48. The van der Waals surface area contributed by atoms with Gasteiger partial charge in [0.05, 0.1) is 20.0 Å². The van der Waals surface area contributed by atoms with Crippen molar-refractivity contribution in [3.63, 3.8) is 0 Å². The van der Waals surface area contributed by atoms with Crippen LogP contribution in [-0.2, 0) is 30.0 Å². The van der Waals surface area contributed by atoms with Crippen LogP contribution in [0, 0.1) is 0 Å². The van der Waals surface area contributed by atoms with E-state index in [4.69, 9.17) is 29.0 Å². The number of nitrogens with zero attached hydrogens (tertiary/aromatic N) is 5. The number of carbonyl (C=O) groups excluding carboxylic acids is 1. The molecule has 1 fully saturated rings. The Morgan fingerprint density at radius 3 is 2.58 bits per heavy atom. The Morgan fingerprint density at radius 1 is 1.22 bits per heavy atom. The number of nitrogens with two attached hydrogens (primary N) is 1. The molecule has 2 aromatic carbocycles. The third-order valence-electron chi connectivity index (χ3n) is 7.25. The van der Waals surface area contributed by atoms with Crippen molar-refractivity contribution >= 4 is 37.5 Å². The van der Waals surface area contributed by atoms with E-state index in [2.05, 4.69) is 31.7 Å². The van der Waals surface area contributed by atoms with Crippen LogP contribution in [0.3, 0.4) is 0 Å². The first-order chi connectivity index (χ1) is 21.6. The molecule has 15 nitrogen and oxygen atoms in total. The highest BCUT2D eigenvalue weighted by molar-refractivity contribution is 7.52. The van der Waals surface area contributed by atoms with Crippen molar-refractivity contribution in [2.45, 2.75) is 50.5 Å². The number of hydrogen-bond acceptors (Lipinski definition) is 13. The van der Waals surface area contributed by atoms with Gasteiger partial charge in [0.1, 0.15) is 36.1 Å². The van der Waals surface area contributed by atoms with Gasteiger partial charge >= 0.3 is 13.7 Å². The molecule has 0 aliphatic carbocycles. The third-order valence-corrected chi connectivity index (χ3v) is 8.90. The summed E-state index contributed by atoms with van der Waals surface area (Å²) in [6.07, 6.45) is -1.94. The standard InChI is InChI=1S/C29H34N7O8P/c1-18(26(38)41-15-19-11-7-5-8-12-19)35-45(39,44-20-13-9-6-10-14-20)42-16-21-23(37)29(2,31-3)27(43-21)36-17-32-22-24(36)33-28(30)34-25(22)40-4/h5-14,17-18,21,23,27,37H,3,15-16H2,1-2,4H3,(H,35,39)(H2,30,33,34)/t18-,21+,23+,27+,29+,45?/m0/s1. The summed E-state index contributed by atoms with van der Waals surface area (Å²) in [5.41, 5.74) is 5.92. The van der Waals surface area contributed by atoms with Crippen LogP contribution < -0.4 is 20.1 Å². The first kappa shape index (κ1) is 32.0. The molecule has 1 aliphatic heterocycles. The quantitative estimate of drug-likeness (QED) is 0.110. The molecule has 0 spiro atoms. The van der Waals surface area contributed by atoms with Gasteiger partial charge in [-0.25, -0.2) is 9.55 Å². The second-order valence-electron chi connectivity index (χ2n) is 10.4. The van der Waals surface area contributed by atoms with E-state index in [0.29, 0.717) is 5.52 Å². The highest BCUT2D eigenvalue weighted by Gasteiger charge is 2.55. The minimum absolute atomic E-state index is 0.0262. The van der Waals surface area contributed by atoms with E-state index >= 15 is 0 Å². The van der Waals surface area contributed by atoms with Crippen LogP contribution in [0.5, 0.6) is 11.6 Å². The summed E-state index contributed by atoms with van der Waals surface area (Å²) in [5, 5.41) is 14.0. The molecule has 4 N–H and O–H groups in total. The van der Waals surface area contributed by atoms with Crippen LogP contribution in [-0.4, -0.2) is 74.8 Å². The maximum absolute atomic E-state index is 14.1. The van der Waals surface area contributed by atoms with E-state index in [1.165, 1.54) is 24.9 Å². The Morgan fingerprint density at radius 2 is 1.91 bits per heavy atom. The SMILES string of the molecule is C=N[C@]1(C)[C@H](O)[C@@H](COP(=O)(N[C@@H](C)C(=O)OCc2ccccc2)Oc2ccccc2)O[C@H]1n1cnc2c(OC)nc(N)nc21.